The van der Waals surface area contributed by atoms with Gasteiger partial charge in [0.15, 0.2) is 0 Å². The first-order chi connectivity index (χ1) is 8.15. The molecule has 1 amide bonds. The average Bonchev–Trinajstić information content (AvgIpc) is 2.77. The molecule has 3 nitrogen and oxygen atoms in total. The highest BCUT2D eigenvalue weighted by atomic mass is 35.5. The number of likely N-dealkylation sites (tertiary alicyclic amines) is 1. The molecular weight excluding hydrogens is 248 g/mol. The predicted octanol–water partition coefficient (Wildman–Crippen LogP) is 2.72. The zero-order valence-corrected chi connectivity index (χ0v) is 12.3. The second-order valence-electron chi connectivity index (χ2n) is 5.91. The SMILES string of the molecule is CCCC1CCCN(C(=O)C2(N)CCCC2)C1.Cl. The van der Waals surface area contributed by atoms with E-state index in [1.807, 2.05) is 0 Å². The first-order valence-electron chi connectivity index (χ1n) is 7.24. The van der Waals surface area contributed by atoms with E-state index in [1.165, 1.54) is 19.3 Å². The van der Waals surface area contributed by atoms with Crippen molar-refractivity contribution in [3.05, 3.63) is 0 Å². The molecule has 2 rings (SSSR count). The Morgan fingerprint density at radius 1 is 1.33 bits per heavy atom. The van der Waals surface area contributed by atoms with Crippen LogP contribution in [0.4, 0.5) is 0 Å². The number of hydrogen-bond donors (Lipinski definition) is 1. The minimum Gasteiger partial charge on any atom is -0.341 e. The third-order valence-corrected chi connectivity index (χ3v) is 4.42. The maximum absolute atomic E-state index is 12.5. The maximum Gasteiger partial charge on any atom is 0.242 e. The van der Waals surface area contributed by atoms with Crippen LogP contribution in [0.3, 0.4) is 0 Å². The number of rotatable bonds is 3. The second kappa shape index (κ2) is 6.76. The summed E-state index contributed by atoms with van der Waals surface area (Å²) in [5, 5.41) is 0. The quantitative estimate of drug-likeness (QED) is 0.860. The molecule has 0 aromatic heterocycles. The van der Waals surface area contributed by atoms with Gasteiger partial charge in [0.2, 0.25) is 5.91 Å². The van der Waals surface area contributed by atoms with Crippen LogP contribution in [0.15, 0.2) is 0 Å². The molecule has 1 aliphatic heterocycles. The van der Waals surface area contributed by atoms with E-state index in [-0.39, 0.29) is 18.3 Å². The summed E-state index contributed by atoms with van der Waals surface area (Å²) in [5.41, 5.74) is 5.74. The van der Waals surface area contributed by atoms with E-state index in [9.17, 15) is 4.79 Å². The van der Waals surface area contributed by atoms with Crippen LogP contribution in [-0.4, -0.2) is 29.4 Å². The third kappa shape index (κ3) is 3.39. The van der Waals surface area contributed by atoms with E-state index in [0.717, 1.165) is 45.2 Å². The molecule has 1 saturated carbocycles. The minimum absolute atomic E-state index is 0. The van der Waals surface area contributed by atoms with Crippen molar-refractivity contribution in [2.75, 3.05) is 13.1 Å². The number of halogens is 1. The number of carbonyl (C=O) groups is 1. The van der Waals surface area contributed by atoms with Crippen LogP contribution < -0.4 is 5.73 Å². The summed E-state index contributed by atoms with van der Waals surface area (Å²) in [6, 6.07) is 0. The Kier molecular flexibility index (Phi) is 5.93. The van der Waals surface area contributed by atoms with Crippen LogP contribution in [0.5, 0.6) is 0 Å². The highest BCUT2D eigenvalue weighted by Gasteiger charge is 2.40. The second-order valence-corrected chi connectivity index (χ2v) is 5.91. The predicted molar refractivity (Wildman–Crippen MR) is 76.8 cm³/mol. The van der Waals surface area contributed by atoms with Gasteiger partial charge in [-0.1, -0.05) is 26.2 Å². The smallest absolute Gasteiger partial charge is 0.242 e. The van der Waals surface area contributed by atoms with Crippen LogP contribution in [-0.2, 0) is 4.79 Å². The lowest BCUT2D eigenvalue weighted by Crippen LogP contribution is -2.55. The van der Waals surface area contributed by atoms with Gasteiger partial charge in [-0.3, -0.25) is 4.79 Å². The van der Waals surface area contributed by atoms with Crippen molar-refractivity contribution in [3.8, 4) is 0 Å². The highest BCUT2D eigenvalue weighted by molar-refractivity contribution is 5.86. The molecule has 18 heavy (non-hydrogen) atoms. The van der Waals surface area contributed by atoms with E-state index in [0.29, 0.717) is 5.92 Å². The number of amides is 1. The Labute approximate surface area is 117 Å². The summed E-state index contributed by atoms with van der Waals surface area (Å²) in [6.45, 7) is 4.10. The Morgan fingerprint density at radius 2 is 2.00 bits per heavy atom. The first-order valence-corrected chi connectivity index (χ1v) is 7.24. The zero-order chi connectivity index (χ0) is 12.3. The lowest BCUT2D eigenvalue weighted by atomic mass is 9.90. The third-order valence-electron chi connectivity index (χ3n) is 4.42. The summed E-state index contributed by atoms with van der Waals surface area (Å²) in [4.78, 5) is 14.5. The highest BCUT2D eigenvalue weighted by Crippen LogP contribution is 2.31. The van der Waals surface area contributed by atoms with Crippen molar-refractivity contribution in [1.29, 1.82) is 0 Å². The number of nitrogens with two attached hydrogens (primary N) is 1. The van der Waals surface area contributed by atoms with Crippen LogP contribution in [0.25, 0.3) is 0 Å². The molecule has 2 aliphatic rings. The van der Waals surface area contributed by atoms with Gasteiger partial charge < -0.3 is 10.6 Å². The zero-order valence-electron chi connectivity index (χ0n) is 11.5. The monoisotopic (exact) mass is 274 g/mol. The van der Waals surface area contributed by atoms with Gasteiger partial charge in [0, 0.05) is 13.1 Å². The maximum atomic E-state index is 12.5. The minimum atomic E-state index is -0.520. The largest absolute Gasteiger partial charge is 0.341 e. The van der Waals surface area contributed by atoms with Crippen molar-refractivity contribution in [2.45, 2.75) is 63.8 Å². The molecule has 106 valence electrons. The summed E-state index contributed by atoms with van der Waals surface area (Å²) in [7, 11) is 0. The molecule has 1 unspecified atom stereocenters. The normalized spacial score (nSPS) is 26.8. The van der Waals surface area contributed by atoms with Gasteiger partial charge in [0.1, 0.15) is 0 Å². The molecule has 1 saturated heterocycles. The fourth-order valence-electron chi connectivity index (χ4n) is 3.43. The lowest BCUT2D eigenvalue weighted by molar-refractivity contribution is -0.138. The molecule has 0 aromatic rings. The van der Waals surface area contributed by atoms with Gasteiger partial charge in [-0.15, -0.1) is 12.4 Å². The number of hydrogen-bond acceptors (Lipinski definition) is 2. The van der Waals surface area contributed by atoms with Crippen molar-refractivity contribution in [1.82, 2.24) is 4.90 Å². The van der Waals surface area contributed by atoms with E-state index in [4.69, 9.17) is 5.73 Å². The first kappa shape index (κ1) is 15.8. The average molecular weight is 275 g/mol. The molecule has 2 fully saturated rings. The van der Waals surface area contributed by atoms with Gasteiger partial charge in [-0.2, -0.15) is 0 Å². The summed E-state index contributed by atoms with van der Waals surface area (Å²) < 4.78 is 0. The van der Waals surface area contributed by atoms with Gasteiger partial charge in [0.05, 0.1) is 5.54 Å². The van der Waals surface area contributed by atoms with Crippen LogP contribution in [0.2, 0.25) is 0 Å². The molecular formula is C14H27ClN2O. The van der Waals surface area contributed by atoms with Crippen molar-refractivity contribution in [3.63, 3.8) is 0 Å². The van der Waals surface area contributed by atoms with Crippen molar-refractivity contribution in [2.24, 2.45) is 11.7 Å². The standard InChI is InChI=1S/C14H26N2O.ClH/c1-2-6-12-7-5-10-16(11-12)13(17)14(15)8-3-4-9-14;/h12H,2-11,15H2,1H3;1H. The van der Waals surface area contributed by atoms with Crippen LogP contribution in [0, 0.1) is 5.92 Å². The van der Waals surface area contributed by atoms with Crippen LogP contribution in [0.1, 0.15) is 58.3 Å². The Balaban J connectivity index is 0.00000162. The number of carbonyl (C=O) groups excluding carboxylic acids is 1. The van der Waals surface area contributed by atoms with E-state index in [1.54, 1.807) is 0 Å². The van der Waals surface area contributed by atoms with Gasteiger partial charge in [-0.25, -0.2) is 0 Å². The van der Waals surface area contributed by atoms with Gasteiger partial charge >= 0.3 is 0 Å². The summed E-state index contributed by atoms with van der Waals surface area (Å²) in [5.74, 6) is 0.943. The van der Waals surface area contributed by atoms with Crippen LogP contribution >= 0.6 is 12.4 Å². The Bertz CT molecular complexity index is 275. The number of piperidine rings is 1. The fourth-order valence-corrected chi connectivity index (χ4v) is 3.43. The van der Waals surface area contributed by atoms with Gasteiger partial charge in [-0.05, 0) is 38.0 Å². The fraction of sp³-hybridized carbons (Fsp3) is 0.929. The molecule has 1 heterocycles. The molecule has 1 atom stereocenters. The van der Waals surface area contributed by atoms with E-state index >= 15 is 0 Å². The summed E-state index contributed by atoms with van der Waals surface area (Å²) in [6.07, 6.45) is 8.94. The summed E-state index contributed by atoms with van der Waals surface area (Å²) >= 11 is 0. The van der Waals surface area contributed by atoms with E-state index in [2.05, 4.69) is 11.8 Å². The molecule has 2 N–H and O–H groups in total. The Hall–Kier alpha value is -0.280. The molecule has 0 spiro atoms. The Morgan fingerprint density at radius 3 is 2.61 bits per heavy atom. The molecule has 0 bridgehead atoms. The van der Waals surface area contributed by atoms with Crippen molar-refractivity contribution < 1.29 is 4.79 Å². The molecule has 0 aromatic carbocycles. The topological polar surface area (TPSA) is 46.3 Å². The molecule has 0 radical (unpaired) electrons. The van der Waals surface area contributed by atoms with Crippen molar-refractivity contribution >= 4 is 18.3 Å². The molecule has 4 heteroatoms. The van der Waals surface area contributed by atoms with Gasteiger partial charge in [0.25, 0.3) is 0 Å². The lowest BCUT2D eigenvalue weighted by Gasteiger charge is -2.37. The van der Waals surface area contributed by atoms with E-state index < -0.39 is 5.54 Å². The molecule has 1 aliphatic carbocycles. The number of nitrogens with zero attached hydrogens (tertiary/aromatic N) is 1.